The van der Waals surface area contributed by atoms with Crippen LogP contribution in [0.3, 0.4) is 0 Å². The molecule has 3 aromatic rings. The highest BCUT2D eigenvalue weighted by molar-refractivity contribution is 5.79. The highest BCUT2D eigenvalue weighted by Crippen LogP contribution is 2.25. The number of benzene rings is 1. The van der Waals surface area contributed by atoms with Crippen LogP contribution >= 0.6 is 0 Å². The van der Waals surface area contributed by atoms with Crippen molar-refractivity contribution < 1.29 is 4.79 Å². The predicted octanol–water partition coefficient (Wildman–Crippen LogP) is 1.45. The van der Waals surface area contributed by atoms with Crippen molar-refractivity contribution >= 4 is 28.6 Å². The summed E-state index contributed by atoms with van der Waals surface area (Å²) in [5.74, 6) is 0.437. The summed E-state index contributed by atoms with van der Waals surface area (Å²) in [5.41, 5.74) is 4.00. The van der Waals surface area contributed by atoms with Gasteiger partial charge in [0.15, 0.2) is 5.65 Å². The minimum Gasteiger partial charge on any atom is -0.356 e. The molecule has 0 aliphatic carbocycles. The number of hydrogen-bond acceptors (Lipinski definition) is 6. The molecule has 9 heteroatoms. The molecule has 5 rings (SSSR count). The smallest absolute Gasteiger partial charge is 0.277 e. The van der Waals surface area contributed by atoms with Gasteiger partial charge in [-0.25, -0.2) is 9.67 Å². The van der Waals surface area contributed by atoms with Crippen molar-refractivity contribution in [1.29, 1.82) is 0 Å². The van der Waals surface area contributed by atoms with Gasteiger partial charge in [0.1, 0.15) is 5.39 Å². The molecule has 1 saturated heterocycles. The van der Waals surface area contributed by atoms with E-state index in [-0.39, 0.29) is 17.5 Å². The van der Waals surface area contributed by atoms with Crippen LogP contribution in [0.15, 0.2) is 29.2 Å². The van der Waals surface area contributed by atoms with Gasteiger partial charge in [-0.15, -0.1) is 0 Å². The van der Waals surface area contributed by atoms with Gasteiger partial charge < -0.3 is 16.0 Å². The van der Waals surface area contributed by atoms with Gasteiger partial charge in [-0.2, -0.15) is 4.98 Å². The van der Waals surface area contributed by atoms with Crippen LogP contribution in [0.4, 0.5) is 11.6 Å². The molecule has 30 heavy (non-hydrogen) atoms. The van der Waals surface area contributed by atoms with Crippen LogP contribution in [0.5, 0.6) is 0 Å². The summed E-state index contributed by atoms with van der Waals surface area (Å²) in [6.45, 7) is 4.89. The van der Waals surface area contributed by atoms with Gasteiger partial charge in [-0.3, -0.25) is 14.3 Å². The molecule has 4 heterocycles. The summed E-state index contributed by atoms with van der Waals surface area (Å²) in [4.78, 5) is 33.9. The minimum atomic E-state index is -0.120. The molecule has 2 aromatic heterocycles. The molecule has 3 N–H and O–H groups in total. The van der Waals surface area contributed by atoms with Crippen molar-refractivity contribution in [2.75, 3.05) is 18.4 Å². The van der Waals surface area contributed by atoms with Gasteiger partial charge in [0.2, 0.25) is 11.9 Å². The largest absolute Gasteiger partial charge is 0.356 e. The Morgan fingerprint density at radius 1 is 1.23 bits per heavy atom. The second kappa shape index (κ2) is 7.56. The topological polar surface area (TPSA) is 106 Å². The third kappa shape index (κ3) is 3.24. The third-order valence-corrected chi connectivity index (χ3v) is 5.93. The van der Waals surface area contributed by atoms with Gasteiger partial charge in [0.05, 0.1) is 6.04 Å². The van der Waals surface area contributed by atoms with E-state index in [0.717, 1.165) is 31.6 Å². The van der Waals surface area contributed by atoms with Crippen LogP contribution in [-0.4, -0.2) is 38.3 Å². The minimum absolute atomic E-state index is 0.00160. The number of carbonyl (C=O) groups excluding carboxylic acids is 1. The fourth-order valence-corrected chi connectivity index (χ4v) is 4.44. The van der Waals surface area contributed by atoms with E-state index in [0.29, 0.717) is 36.5 Å². The second-order valence-corrected chi connectivity index (χ2v) is 7.83. The first kappa shape index (κ1) is 18.8. The third-order valence-electron chi connectivity index (χ3n) is 5.93. The molecule has 1 unspecified atom stereocenters. The molecule has 0 bridgehead atoms. The first-order valence-corrected chi connectivity index (χ1v) is 10.5. The summed E-state index contributed by atoms with van der Waals surface area (Å²) in [6, 6.07) is 6.20. The number of carbonyl (C=O) groups is 1. The van der Waals surface area contributed by atoms with Crippen LogP contribution < -0.4 is 21.5 Å². The molecule has 0 radical (unpaired) electrons. The highest BCUT2D eigenvalue weighted by atomic mass is 16.2. The van der Waals surface area contributed by atoms with E-state index in [1.54, 1.807) is 10.9 Å². The lowest BCUT2D eigenvalue weighted by molar-refractivity contribution is -0.123. The Hall–Kier alpha value is -3.20. The van der Waals surface area contributed by atoms with E-state index in [9.17, 15) is 9.59 Å². The van der Waals surface area contributed by atoms with Crippen molar-refractivity contribution in [3.63, 3.8) is 0 Å². The van der Waals surface area contributed by atoms with Gasteiger partial charge >= 0.3 is 0 Å². The molecule has 1 fully saturated rings. The van der Waals surface area contributed by atoms with Crippen LogP contribution in [0, 0.1) is 0 Å². The molecule has 0 saturated carbocycles. The zero-order chi connectivity index (χ0) is 20.7. The monoisotopic (exact) mass is 407 g/mol. The molecular weight excluding hydrogens is 382 g/mol. The van der Waals surface area contributed by atoms with E-state index in [1.807, 2.05) is 17.7 Å². The summed E-state index contributed by atoms with van der Waals surface area (Å²) in [6.07, 6.45) is 3.72. The van der Waals surface area contributed by atoms with Crippen molar-refractivity contribution in [2.45, 2.75) is 45.3 Å². The molecule has 0 spiro atoms. The number of amides is 1. The maximum absolute atomic E-state index is 12.9. The number of hydrogen-bond donors (Lipinski definition) is 3. The number of aromatic nitrogens is 4. The first-order valence-electron chi connectivity index (χ1n) is 10.5. The SMILES string of the molecule is CCn1c(=O)c2cnc(Nc3ccc4c(c3)CNCC4)nc2n1C1CCNC(=O)C1. The van der Waals surface area contributed by atoms with Crippen LogP contribution in [-0.2, 0) is 24.3 Å². The number of piperidine rings is 1. The fraction of sp³-hybridized carbons (Fsp3) is 0.429. The normalized spacial score (nSPS) is 18.8. The molecular formula is C21H25N7O2. The predicted molar refractivity (Wildman–Crippen MR) is 114 cm³/mol. The number of anilines is 2. The highest BCUT2D eigenvalue weighted by Gasteiger charge is 2.26. The Bertz CT molecular complexity index is 1180. The average Bonchev–Trinajstić information content (AvgIpc) is 3.04. The van der Waals surface area contributed by atoms with Crippen molar-refractivity contribution in [3.8, 4) is 0 Å². The maximum atomic E-state index is 12.9. The molecule has 2 aliphatic rings. The van der Waals surface area contributed by atoms with Gasteiger partial charge in [-0.05, 0) is 49.6 Å². The molecule has 1 aromatic carbocycles. The molecule has 9 nitrogen and oxygen atoms in total. The lowest BCUT2D eigenvalue weighted by Gasteiger charge is -2.26. The zero-order valence-electron chi connectivity index (χ0n) is 16.9. The number of fused-ring (bicyclic) bond motifs is 2. The Kier molecular flexibility index (Phi) is 4.74. The summed E-state index contributed by atoms with van der Waals surface area (Å²) < 4.78 is 3.55. The lowest BCUT2D eigenvalue weighted by Crippen LogP contribution is -2.37. The lowest BCUT2D eigenvalue weighted by atomic mass is 10.0. The van der Waals surface area contributed by atoms with Gasteiger partial charge in [-0.1, -0.05) is 6.07 Å². The van der Waals surface area contributed by atoms with E-state index in [2.05, 4.69) is 38.1 Å². The quantitative estimate of drug-likeness (QED) is 0.605. The maximum Gasteiger partial charge on any atom is 0.277 e. The number of nitrogens with one attached hydrogen (secondary N) is 3. The van der Waals surface area contributed by atoms with Crippen molar-refractivity contribution in [3.05, 3.63) is 45.9 Å². The van der Waals surface area contributed by atoms with Crippen molar-refractivity contribution in [1.82, 2.24) is 30.0 Å². The van der Waals surface area contributed by atoms with Crippen molar-refractivity contribution in [2.24, 2.45) is 0 Å². The zero-order valence-corrected chi connectivity index (χ0v) is 16.9. The molecule has 2 aliphatic heterocycles. The Labute approximate surface area is 173 Å². The summed E-state index contributed by atoms with van der Waals surface area (Å²) >= 11 is 0. The Morgan fingerprint density at radius 3 is 2.97 bits per heavy atom. The Balaban J connectivity index is 1.54. The second-order valence-electron chi connectivity index (χ2n) is 7.83. The standard InChI is InChI=1S/C21H25N7O2/c1-2-27-20(30)17-12-24-21(25-15-4-3-13-5-7-22-11-14(13)9-15)26-19(17)28(27)16-6-8-23-18(29)10-16/h3-4,9,12,16,22H,2,5-8,10-11H2,1H3,(H,23,29)(H,24,25,26). The summed E-state index contributed by atoms with van der Waals surface area (Å²) in [5, 5.41) is 9.99. The van der Waals surface area contributed by atoms with Gasteiger partial charge in [0, 0.05) is 37.9 Å². The Morgan fingerprint density at radius 2 is 2.13 bits per heavy atom. The average molecular weight is 407 g/mol. The van der Waals surface area contributed by atoms with E-state index in [4.69, 9.17) is 0 Å². The fourth-order valence-electron chi connectivity index (χ4n) is 4.44. The molecule has 156 valence electrons. The van der Waals surface area contributed by atoms with Crippen LogP contribution in [0.2, 0.25) is 0 Å². The molecule has 1 atom stereocenters. The van der Waals surface area contributed by atoms with E-state index < -0.39 is 0 Å². The molecule has 1 amide bonds. The van der Waals surface area contributed by atoms with Crippen LogP contribution in [0.25, 0.3) is 11.0 Å². The van der Waals surface area contributed by atoms with E-state index >= 15 is 0 Å². The summed E-state index contributed by atoms with van der Waals surface area (Å²) in [7, 11) is 0. The van der Waals surface area contributed by atoms with Gasteiger partial charge in [0.25, 0.3) is 5.56 Å². The number of nitrogens with zero attached hydrogens (tertiary/aromatic N) is 4. The van der Waals surface area contributed by atoms with Crippen LogP contribution in [0.1, 0.15) is 36.9 Å². The first-order chi connectivity index (χ1) is 14.6. The van der Waals surface area contributed by atoms with E-state index in [1.165, 1.54) is 11.1 Å². The number of rotatable bonds is 4.